The number of benzene rings is 1. The largest absolute Gasteiger partial charge is 0.351 e. The predicted octanol–water partition coefficient (Wildman–Crippen LogP) is 3.97. The molecular weight excluding hydrogens is 304 g/mol. The number of hydrogen-bond donors (Lipinski definition) is 2. The lowest BCUT2D eigenvalue weighted by atomic mass is 9.73. The summed E-state index contributed by atoms with van der Waals surface area (Å²) in [6, 6.07) is 8.37. The Bertz CT molecular complexity index is 686. The molecule has 1 aliphatic heterocycles. The Morgan fingerprint density at radius 3 is 2.43 bits per heavy atom. The van der Waals surface area contributed by atoms with E-state index < -0.39 is 0 Å². The van der Waals surface area contributed by atoms with Crippen LogP contribution in [-0.4, -0.2) is 10.9 Å². The number of rotatable bonds is 2. The van der Waals surface area contributed by atoms with Crippen molar-refractivity contribution in [1.82, 2.24) is 10.6 Å². The van der Waals surface area contributed by atoms with Gasteiger partial charge in [0.15, 0.2) is 10.9 Å². The molecule has 3 nitrogen and oxygen atoms in total. The van der Waals surface area contributed by atoms with Gasteiger partial charge in [-0.15, -0.1) is 0 Å². The van der Waals surface area contributed by atoms with Gasteiger partial charge in [0.2, 0.25) is 0 Å². The van der Waals surface area contributed by atoms with Gasteiger partial charge in [0, 0.05) is 17.7 Å². The smallest absolute Gasteiger partial charge is 0.171 e. The second kappa shape index (κ2) is 5.75. The van der Waals surface area contributed by atoms with Crippen molar-refractivity contribution in [2.24, 2.45) is 5.41 Å². The summed E-state index contributed by atoms with van der Waals surface area (Å²) in [6.45, 7) is 8.63. The summed E-state index contributed by atoms with van der Waals surface area (Å²) in [5, 5.41) is 7.10. The molecular formula is C19H24N2OS. The Kier molecular flexibility index (Phi) is 4.05. The number of ketones is 1. The Labute approximate surface area is 143 Å². The molecule has 0 aromatic heterocycles. The fourth-order valence-corrected chi connectivity index (χ4v) is 3.72. The zero-order valence-electron chi connectivity index (χ0n) is 14.2. The summed E-state index contributed by atoms with van der Waals surface area (Å²) < 4.78 is 0. The minimum Gasteiger partial charge on any atom is -0.351 e. The maximum atomic E-state index is 12.7. The molecule has 23 heavy (non-hydrogen) atoms. The average Bonchev–Trinajstić information content (AvgIpc) is 2.44. The van der Waals surface area contributed by atoms with E-state index in [1.165, 1.54) is 5.56 Å². The van der Waals surface area contributed by atoms with E-state index in [2.05, 4.69) is 62.6 Å². The van der Waals surface area contributed by atoms with E-state index in [4.69, 9.17) is 12.2 Å². The Hall–Kier alpha value is -1.68. The molecule has 0 spiro atoms. The third-order valence-corrected chi connectivity index (χ3v) is 4.90. The second-order valence-electron chi connectivity index (χ2n) is 7.69. The van der Waals surface area contributed by atoms with Gasteiger partial charge in [0.05, 0.1) is 6.04 Å². The fourth-order valence-electron chi connectivity index (χ4n) is 3.48. The molecule has 1 aromatic carbocycles. The molecule has 1 aromatic rings. The van der Waals surface area contributed by atoms with Crippen LogP contribution in [0.4, 0.5) is 0 Å². The number of hydrogen-bond acceptors (Lipinski definition) is 2. The molecule has 2 N–H and O–H groups in total. The zero-order chi connectivity index (χ0) is 16.8. The van der Waals surface area contributed by atoms with Crippen molar-refractivity contribution in [2.75, 3.05) is 0 Å². The maximum Gasteiger partial charge on any atom is 0.171 e. The predicted molar refractivity (Wildman–Crippen MR) is 97.2 cm³/mol. The number of carbonyl (C=O) groups is 1. The van der Waals surface area contributed by atoms with E-state index in [0.29, 0.717) is 17.5 Å². The highest BCUT2D eigenvalue weighted by molar-refractivity contribution is 7.80. The van der Waals surface area contributed by atoms with E-state index >= 15 is 0 Å². The molecule has 0 fully saturated rings. The average molecular weight is 328 g/mol. The monoisotopic (exact) mass is 328 g/mol. The lowest BCUT2D eigenvalue weighted by molar-refractivity contribution is -0.118. The van der Waals surface area contributed by atoms with E-state index in [0.717, 1.165) is 23.3 Å². The summed E-state index contributed by atoms with van der Waals surface area (Å²) in [5.74, 6) is 0.717. The molecule has 1 heterocycles. The first-order chi connectivity index (χ1) is 10.8. The SMILES string of the molecule is CC(C)c1ccc([C@H]2NC(=S)NC3=C2C(=O)CC(C)(C)C3)cc1. The standard InChI is InChI=1S/C19H24N2OS/c1-11(2)12-5-7-13(8-6-12)17-16-14(20-18(23)21-17)9-19(3,4)10-15(16)22/h5-8,11,17H,9-10H2,1-4H3,(H2,20,21,23)/t17-/m1/s1. The summed E-state index contributed by atoms with van der Waals surface area (Å²) in [4.78, 5) is 12.7. The molecule has 122 valence electrons. The van der Waals surface area contributed by atoms with Crippen LogP contribution < -0.4 is 10.6 Å². The van der Waals surface area contributed by atoms with Crippen LogP contribution >= 0.6 is 12.2 Å². The molecule has 0 saturated carbocycles. The van der Waals surface area contributed by atoms with Crippen LogP contribution in [0.5, 0.6) is 0 Å². The van der Waals surface area contributed by atoms with Crippen molar-refractivity contribution in [1.29, 1.82) is 0 Å². The number of carbonyl (C=O) groups excluding carboxylic acids is 1. The molecule has 2 aliphatic rings. The van der Waals surface area contributed by atoms with Crippen LogP contribution in [-0.2, 0) is 4.79 Å². The van der Waals surface area contributed by atoms with Crippen LogP contribution in [0.15, 0.2) is 35.5 Å². The fraction of sp³-hybridized carbons (Fsp3) is 0.474. The lowest BCUT2D eigenvalue weighted by Crippen LogP contribution is -2.48. The van der Waals surface area contributed by atoms with Gasteiger partial charge in [-0.25, -0.2) is 0 Å². The van der Waals surface area contributed by atoms with Crippen molar-refractivity contribution in [3.63, 3.8) is 0 Å². The van der Waals surface area contributed by atoms with Gasteiger partial charge < -0.3 is 10.6 Å². The van der Waals surface area contributed by atoms with Gasteiger partial charge in [-0.3, -0.25) is 4.79 Å². The third kappa shape index (κ3) is 3.18. The van der Waals surface area contributed by atoms with Gasteiger partial charge in [-0.2, -0.15) is 0 Å². The van der Waals surface area contributed by atoms with Crippen molar-refractivity contribution in [2.45, 2.75) is 52.5 Å². The minimum absolute atomic E-state index is 0.0120. The van der Waals surface area contributed by atoms with Gasteiger partial charge >= 0.3 is 0 Å². The molecule has 3 rings (SSSR count). The Balaban J connectivity index is 2.01. The van der Waals surface area contributed by atoms with Crippen molar-refractivity contribution >= 4 is 23.1 Å². The summed E-state index contributed by atoms with van der Waals surface area (Å²) in [6.07, 6.45) is 1.44. The topological polar surface area (TPSA) is 41.1 Å². The molecule has 0 saturated heterocycles. The van der Waals surface area contributed by atoms with E-state index in [9.17, 15) is 4.79 Å². The van der Waals surface area contributed by atoms with Crippen LogP contribution in [0.25, 0.3) is 0 Å². The maximum absolute atomic E-state index is 12.7. The van der Waals surface area contributed by atoms with Crippen LogP contribution in [0, 0.1) is 5.41 Å². The minimum atomic E-state index is -0.136. The Morgan fingerprint density at radius 2 is 1.83 bits per heavy atom. The highest BCUT2D eigenvalue weighted by atomic mass is 32.1. The second-order valence-corrected chi connectivity index (χ2v) is 8.09. The highest BCUT2D eigenvalue weighted by Gasteiger charge is 2.39. The Morgan fingerprint density at radius 1 is 1.17 bits per heavy atom. The first-order valence-electron chi connectivity index (χ1n) is 8.20. The third-order valence-electron chi connectivity index (χ3n) is 4.68. The molecule has 0 radical (unpaired) electrons. The van der Waals surface area contributed by atoms with Crippen LogP contribution in [0.2, 0.25) is 0 Å². The van der Waals surface area contributed by atoms with Gasteiger partial charge in [-0.1, -0.05) is 52.0 Å². The van der Waals surface area contributed by atoms with E-state index in [-0.39, 0.29) is 17.2 Å². The number of allylic oxidation sites excluding steroid dienone is 1. The van der Waals surface area contributed by atoms with Gasteiger partial charge in [-0.05, 0) is 41.1 Å². The van der Waals surface area contributed by atoms with Crippen molar-refractivity contribution < 1.29 is 4.79 Å². The first kappa shape index (κ1) is 16.2. The van der Waals surface area contributed by atoms with Crippen molar-refractivity contribution in [3.8, 4) is 0 Å². The van der Waals surface area contributed by atoms with E-state index in [1.54, 1.807) is 0 Å². The molecule has 0 unspecified atom stereocenters. The number of thiocarbonyl (C=S) groups is 1. The molecule has 1 aliphatic carbocycles. The van der Waals surface area contributed by atoms with Crippen LogP contribution in [0.3, 0.4) is 0 Å². The lowest BCUT2D eigenvalue weighted by Gasteiger charge is -2.39. The summed E-state index contributed by atoms with van der Waals surface area (Å²) in [5.41, 5.74) is 4.24. The molecule has 1 atom stereocenters. The quantitative estimate of drug-likeness (QED) is 0.806. The molecule has 0 bridgehead atoms. The van der Waals surface area contributed by atoms with Crippen LogP contribution in [0.1, 0.15) is 63.6 Å². The first-order valence-corrected chi connectivity index (χ1v) is 8.61. The zero-order valence-corrected chi connectivity index (χ0v) is 15.0. The van der Waals surface area contributed by atoms with Gasteiger partial charge in [0.1, 0.15) is 0 Å². The normalized spacial score (nSPS) is 23.4. The van der Waals surface area contributed by atoms with Crippen molar-refractivity contribution in [3.05, 3.63) is 46.7 Å². The van der Waals surface area contributed by atoms with E-state index in [1.807, 2.05) is 0 Å². The summed E-state index contributed by atoms with van der Waals surface area (Å²) in [7, 11) is 0. The number of Topliss-reactive ketones (excluding diaryl/α,β-unsaturated/α-hetero) is 1. The summed E-state index contributed by atoms with van der Waals surface area (Å²) >= 11 is 5.36. The highest BCUT2D eigenvalue weighted by Crippen LogP contribution is 2.41. The van der Waals surface area contributed by atoms with Gasteiger partial charge in [0.25, 0.3) is 0 Å². The molecule has 0 amide bonds. The number of nitrogens with one attached hydrogen (secondary N) is 2. The molecule has 4 heteroatoms.